The van der Waals surface area contributed by atoms with Crippen molar-refractivity contribution >= 4 is 11.0 Å². The van der Waals surface area contributed by atoms with Crippen molar-refractivity contribution in [3.05, 3.63) is 34.2 Å². The van der Waals surface area contributed by atoms with Crippen LogP contribution in [0.3, 0.4) is 0 Å². The second-order valence-electron chi connectivity index (χ2n) is 8.01. The van der Waals surface area contributed by atoms with E-state index in [2.05, 4.69) is 30.7 Å². The molecule has 1 aromatic carbocycles. The molecule has 1 aromatic heterocycles. The zero-order chi connectivity index (χ0) is 19.8. The third kappa shape index (κ3) is 3.99. The fraction of sp³-hybridized carbons (Fsp3) is 0.619. The second kappa shape index (κ2) is 7.56. The molecule has 2 unspecified atom stereocenters. The van der Waals surface area contributed by atoms with Gasteiger partial charge < -0.3 is 9.72 Å². The molecule has 27 heavy (non-hydrogen) atoms. The van der Waals surface area contributed by atoms with Gasteiger partial charge in [0.05, 0.1) is 18.1 Å². The van der Waals surface area contributed by atoms with Gasteiger partial charge in [-0.2, -0.15) is 8.78 Å². The van der Waals surface area contributed by atoms with Gasteiger partial charge in [-0.25, -0.2) is 4.98 Å². The van der Waals surface area contributed by atoms with Crippen LogP contribution in [-0.4, -0.2) is 17.1 Å². The Morgan fingerprint density at radius 3 is 2.74 bits per heavy atom. The molecular formula is C21H28F2N2O2. The summed E-state index contributed by atoms with van der Waals surface area (Å²) in [5.41, 5.74) is -0.745. The second-order valence-corrected chi connectivity index (χ2v) is 8.01. The summed E-state index contributed by atoms with van der Waals surface area (Å²) in [6.07, 6.45) is 3.29. The Morgan fingerprint density at radius 2 is 2.11 bits per heavy atom. The molecule has 0 amide bonds. The van der Waals surface area contributed by atoms with Crippen LogP contribution in [0.4, 0.5) is 8.78 Å². The molecule has 6 heteroatoms. The van der Waals surface area contributed by atoms with Crippen LogP contribution in [0.2, 0.25) is 0 Å². The van der Waals surface area contributed by atoms with Crippen LogP contribution in [0.1, 0.15) is 52.1 Å². The molecule has 3 atom stereocenters. The lowest BCUT2D eigenvalue weighted by molar-refractivity contribution is -0.0398. The number of aromatic nitrogens is 2. The van der Waals surface area contributed by atoms with Crippen LogP contribution in [0.15, 0.2) is 23.0 Å². The fourth-order valence-electron chi connectivity index (χ4n) is 4.04. The number of alkyl halides is 2. The summed E-state index contributed by atoms with van der Waals surface area (Å²) in [5, 5.41) is 0. The van der Waals surface area contributed by atoms with Gasteiger partial charge >= 0.3 is 0 Å². The van der Waals surface area contributed by atoms with Gasteiger partial charge in [0.15, 0.2) is 5.69 Å². The SMILES string of the molecule is CC[C@H](CCC1CC1C(F)(F)c1nc2ccc(OC)cc2[nH]c1=O)C(C)C. The molecule has 0 saturated heterocycles. The van der Waals surface area contributed by atoms with Gasteiger partial charge in [-0.3, -0.25) is 4.79 Å². The van der Waals surface area contributed by atoms with Gasteiger partial charge in [0, 0.05) is 12.0 Å². The molecule has 1 N–H and O–H groups in total. The highest BCUT2D eigenvalue weighted by atomic mass is 19.3. The highest BCUT2D eigenvalue weighted by Crippen LogP contribution is 2.55. The first-order valence-corrected chi connectivity index (χ1v) is 9.74. The Morgan fingerprint density at radius 1 is 1.37 bits per heavy atom. The highest BCUT2D eigenvalue weighted by molar-refractivity contribution is 5.75. The van der Waals surface area contributed by atoms with Gasteiger partial charge in [0.2, 0.25) is 0 Å². The number of aromatic amines is 1. The molecule has 0 spiro atoms. The Kier molecular flexibility index (Phi) is 5.54. The average Bonchev–Trinajstić information content (AvgIpc) is 3.41. The molecular weight excluding hydrogens is 350 g/mol. The Balaban J connectivity index is 1.77. The molecule has 148 valence electrons. The number of hydrogen-bond acceptors (Lipinski definition) is 3. The van der Waals surface area contributed by atoms with E-state index < -0.39 is 23.1 Å². The number of H-pyrrole nitrogens is 1. The van der Waals surface area contributed by atoms with Crippen LogP contribution < -0.4 is 10.3 Å². The van der Waals surface area contributed by atoms with Gasteiger partial charge in [-0.15, -0.1) is 0 Å². The fourth-order valence-corrected chi connectivity index (χ4v) is 4.04. The van der Waals surface area contributed by atoms with E-state index in [-0.39, 0.29) is 5.92 Å². The molecule has 1 aliphatic carbocycles. The number of fused-ring (bicyclic) bond motifs is 1. The van der Waals surface area contributed by atoms with E-state index in [9.17, 15) is 13.6 Å². The normalized spacial score (nSPS) is 20.9. The van der Waals surface area contributed by atoms with E-state index in [1.54, 1.807) is 18.2 Å². The van der Waals surface area contributed by atoms with Gasteiger partial charge in [0.1, 0.15) is 5.75 Å². The molecule has 2 aromatic rings. The number of benzene rings is 1. The van der Waals surface area contributed by atoms with E-state index in [1.165, 1.54) is 7.11 Å². The number of halogens is 2. The third-order valence-electron chi connectivity index (χ3n) is 5.98. The Hall–Kier alpha value is -1.98. The van der Waals surface area contributed by atoms with E-state index in [1.807, 2.05) is 0 Å². The zero-order valence-electron chi connectivity index (χ0n) is 16.4. The minimum atomic E-state index is -3.20. The third-order valence-corrected chi connectivity index (χ3v) is 5.98. The number of rotatable bonds is 8. The van der Waals surface area contributed by atoms with Crippen molar-refractivity contribution in [2.24, 2.45) is 23.7 Å². The van der Waals surface area contributed by atoms with E-state index in [0.717, 1.165) is 19.3 Å². The first kappa shape index (κ1) is 19.8. The van der Waals surface area contributed by atoms with Crippen LogP contribution in [0.5, 0.6) is 5.75 Å². The quantitative estimate of drug-likeness (QED) is 0.693. The van der Waals surface area contributed by atoms with Crippen LogP contribution in [-0.2, 0) is 5.92 Å². The molecule has 0 bridgehead atoms. The van der Waals surface area contributed by atoms with Crippen molar-refractivity contribution in [1.29, 1.82) is 0 Å². The van der Waals surface area contributed by atoms with E-state index in [0.29, 0.717) is 35.0 Å². The van der Waals surface area contributed by atoms with Gasteiger partial charge in [-0.05, 0) is 49.1 Å². The minimum Gasteiger partial charge on any atom is -0.497 e. The molecule has 1 aliphatic rings. The minimum absolute atomic E-state index is 0.0273. The topological polar surface area (TPSA) is 55.0 Å². The summed E-state index contributed by atoms with van der Waals surface area (Å²) >= 11 is 0. The van der Waals surface area contributed by atoms with Gasteiger partial charge in [-0.1, -0.05) is 27.2 Å². The lowest BCUT2D eigenvalue weighted by Crippen LogP contribution is -2.29. The number of hydrogen-bond donors (Lipinski definition) is 1. The van der Waals surface area contributed by atoms with Crippen molar-refractivity contribution in [3.8, 4) is 5.75 Å². The molecule has 1 fully saturated rings. The van der Waals surface area contributed by atoms with Gasteiger partial charge in [0.25, 0.3) is 11.5 Å². The molecule has 1 heterocycles. The molecule has 0 aliphatic heterocycles. The lowest BCUT2D eigenvalue weighted by Gasteiger charge is -2.19. The summed E-state index contributed by atoms with van der Waals surface area (Å²) in [5.74, 6) is -2.34. The lowest BCUT2D eigenvalue weighted by atomic mass is 9.88. The first-order valence-electron chi connectivity index (χ1n) is 9.74. The summed E-state index contributed by atoms with van der Waals surface area (Å²) in [6, 6.07) is 4.82. The number of nitrogens with zero attached hydrogens (tertiary/aromatic N) is 1. The zero-order valence-corrected chi connectivity index (χ0v) is 16.4. The number of ether oxygens (including phenoxy) is 1. The molecule has 0 radical (unpaired) electrons. The highest BCUT2D eigenvalue weighted by Gasteiger charge is 2.57. The maximum Gasteiger partial charge on any atom is 0.298 e. The number of nitrogens with one attached hydrogen (secondary N) is 1. The predicted octanol–water partition coefficient (Wildman–Crippen LogP) is 5.12. The smallest absolute Gasteiger partial charge is 0.298 e. The van der Waals surface area contributed by atoms with Crippen LogP contribution >= 0.6 is 0 Å². The molecule has 1 saturated carbocycles. The maximum atomic E-state index is 15.0. The van der Waals surface area contributed by atoms with Crippen molar-refractivity contribution in [1.82, 2.24) is 9.97 Å². The largest absolute Gasteiger partial charge is 0.497 e. The van der Waals surface area contributed by atoms with Crippen molar-refractivity contribution in [2.45, 2.75) is 52.4 Å². The Labute approximate surface area is 158 Å². The van der Waals surface area contributed by atoms with Crippen LogP contribution in [0.25, 0.3) is 11.0 Å². The maximum absolute atomic E-state index is 15.0. The number of methoxy groups -OCH3 is 1. The van der Waals surface area contributed by atoms with Crippen molar-refractivity contribution < 1.29 is 13.5 Å². The van der Waals surface area contributed by atoms with E-state index >= 15 is 0 Å². The predicted molar refractivity (Wildman–Crippen MR) is 102 cm³/mol. The summed E-state index contributed by atoms with van der Waals surface area (Å²) in [7, 11) is 1.50. The summed E-state index contributed by atoms with van der Waals surface area (Å²) < 4.78 is 35.1. The summed E-state index contributed by atoms with van der Waals surface area (Å²) in [4.78, 5) is 18.8. The monoisotopic (exact) mass is 378 g/mol. The molecule has 3 rings (SSSR count). The Bertz CT molecular complexity index is 863. The van der Waals surface area contributed by atoms with Crippen molar-refractivity contribution in [3.63, 3.8) is 0 Å². The molecule has 4 nitrogen and oxygen atoms in total. The standard InChI is InChI=1S/C21H28F2N2O2/c1-5-13(12(2)3)6-7-14-10-16(14)21(22,23)19-20(26)25-18-11-15(27-4)8-9-17(18)24-19/h8-9,11-14,16H,5-7,10H2,1-4H3,(H,25,26)/t13-,14?,16?/m1/s1. The average molecular weight is 378 g/mol. The van der Waals surface area contributed by atoms with Crippen LogP contribution in [0, 0.1) is 23.7 Å². The van der Waals surface area contributed by atoms with Crippen molar-refractivity contribution in [2.75, 3.05) is 7.11 Å². The first-order chi connectivity index (χ1) is 12.8. The summed E-state index contributed by atoms with van der Waals surface area (Å²) in [6.45, 7) is 6.51. The van der Waals surface area contributed by atoms with E-state index in [4.69, 9.17) is 4.74 Å².